The molecule has 0 spiro atoms. The Morgan fingerprint density at radius 2 is 1.59 bits per heavy atom. The Labute approximate surface area is 132 Å². The highest BCUT2D eigenvalue weighted by atomic mass is 16.5. The van der Waals surface area contributed by atoms with Crippen molar-refractivity contribution in [1.82, 2.24) is 10.6 Å². The van der Waals surface area contributed by atoms with Crippen LogP contribution in [0.2, 0.25) is 0 Å². The van der Waals surface area contributed by atoms with Gasteiger partial charge in [-0.1, -0.05) is 42.5 Å². The number of aliphatic hydroxyl groups excluding tert-OH is 1. The summed E-state index contributed by atoms with van der Waals surface area (Å²) in [7, 11) is 0. The maximum absolute atomic E-state index is 8.67. The average molecular weight is 300 g/mol. The molecule has 0 bridgehead atoms. The third-order valence-electron chi connectivity index (χ3n) is 3.24. The SMILES string of the molecule is OCCNCCNCc1cccc(OCc2ccccc2)c1. The minimum Gasteiger partial charge on any atom is -0.489 e. The van der Waals surface area contributed by atoms with Crippen LogP contribution in [-0.2, 0) is 13.2 Å². The van der Waals surface area contributed by atoms with Crippen molar-refractivity contribution >= 4 is 0 Å². The third kappa shape index (κ3) is 6.26. The molecule has 0 aliphatic rings. The zero-order valence-corrected chi connectivity index (χ0v) is 12.8. The first-order chi connectivity index (χ1) is 10.9. The summed E-state index contributed by atoms with van der Waals surface area (Å²) in [6.45, 7) is 3.94. The molecule has 0 saturated heterocycles. The van der Waals surface area contributed by atoms with Crippen molar-refractivity contribution in [2.24, 2.45) is 0 Å². The predicted octanol–water partition coefficient (Wildman–Crippen LogP) is 1.94. The molecule has 0 radical (unpaired) electrons. The van der Waals surface area contributed by atoms with Crippen molar-refractivity contribution in [1.29, 1.82) is 0 Å². The van der Waals surface area contributed by atoms with Crippen LogP contribution in [0.5, 0.6) is 5.75 Å². The second-order valence-corrected chi connectivity index (χ2v) is 5.07. The fraction of sp³-hybridized carbons (Fsp3) is 0.333. The first-order valence-corrected chi connectivity index (χ1v) is 7.66. The van der Waals surface area contributed by atoms with Gasteiger partial charge >= 0.3 is 0 Å². The second kappa shape index (κ2) is 9.95. The van der Waals surface area contributed by atoms with Crippen molar-refractivity contribution < 1.29 is 9.84 Å². The molecule has 0 aliphatic carbocycles. The number of aliphatic hydroxyl groups is 1. The van der Waals surface area contributed by atoms with Crippen LogP contribution >= 0.6 is 0 Å². The molecular weight excluding hydrogens is 276 g/mol. The minimum atomic E-state index is 0.181. The summed E-state index contributed by atoms with van der Waals surface area (Å²) in [5, 5.41) is 15.2. The highest BCUT2D eigenvalue weighted by molar-refractivity contribution is 5.29. The molecule has 2 aromatic carbocycles. The van der Waals surface area contributed by atoms with Gasteiger partial charge in [0.1, 0.15) is 12.4 Å². The molecule has 0 aromatic heterocycles. The largest absolute Gasteiger partial charge is 0.489 e. The van der Waals surface area contributed by atoms with Crippen LogP contribution in [0.3, 0.4) is 0 Å². The predicted molar refractivity (Wildman–Crippen MR) is 88.9 cm³/mol. The van der Waals surface area contributed by atoms with E-state index in [1.807, 2.05) is 30.3 Å². The summed E-state index contributed by atoms with van der Waals surface area (Å²) in [5.74, 6) is 0.890. The standard InChI is InChI=1S/C18H24N2O2/c21-12-11-19-9-10-20-14-17-7-4-8-18(13-17)22-15-16-5-2-1-3-6-16/h1-8,13,19-21H,9-12,14-15H2. The number of hydrogen-bond acceptors (Lipinski definition) is 4. The third-order valence-corrected chi connectivity index (χ3v) is 3.24. The van der Waals surface area contributed by atoms with E-state index in [9.17, 15) is 0 Å². The molecule has 2 rings (SSSR count). The van der Waals surface area contributed by atoms with Gasteiger partial charge in [0.15, 0.2) is 0 Å². The van der Waals surface area contributed by atoms with Gasteiger partial charge in [0.05, 0.1) is 6.61 Å². The molecule has 0 aliphatic heterocycles. The smallest absolute Gasteiger partial charge is 0.120 e. The molecule has 22 heavy (non-hydrogen) atoms. The number of hydrogen-bond donors (Lipinski definition) is 3. The maximum atomic E-state index is 8.67. The molecule has 0 heterocycles. The van der Waals surface area contributed by atoms with Crippen LogP contribution in [-0.4, -0.2) is 31.3 Å². The van der Waals surface area contributed by atoms with E-state index in [0.717, 1.165) is 25.4 Å². The van der Waals surface area contributed by atoms with Crippen molar-refractivity contribution in [3.63, 3.8) is 0 Å². The van der Waals surface area contributed by atoms with Gasteiger partial charge in [-0.15, -0.1) is 0 Å². The Hall–Kier alpha value is -1.88. The van der Waals surface area contributed by atoms with Gasteiger partial charge in [0.2, 0.25) is 0 Å². The number of benzene rings is 2. The van der Waals surface area contributed by atoms with Crippen LogP contribution < -0.4 is 15.4 Å². The first kappa shape index (κ1) is 16.5. The molecule has 0 amide bonds. The number of rotatable bonds is 10. The molecule has 4 heteroatoms. The van der Waals surface area contributed by atoms with E-state index >= 15 is 0 Å². The normalized spacial score (nSPS) is 10.6. The van der Waals surface area contributed by atoms with Crippen molar-refractivity contribution in [2.75, 3.05) is 26.2 Å². The zero-order chi connectivity index (χ0) is 15.5. The Morgan fingerprint density at radius 1 is 0.818 bits per heavy atom. The molecule has 0 saturated carbocycles. The Bertz CT molecular complexity index is 532. The van der Waals surface area contributed by atoms with Crippen LogP contribution in [0.15, 0.2) is 54.6 Å². The minimum absolute atomic E-state index is 0.181. The molecule has 3 N–H and O–H groups in total. The highest BCUT2D eigenvalue weighted by Crippen LogP contribution is 2.15. The van der Waals surface area contributed by atoms with Crippen LogP contribution in [0.25, 0.3) is 0 Å². The van der Waals surface area contributed by atoms with Gasteiger partial charge in [-0.3, -0.25) is 0 Å². The molecule has 118 valence electrons. The van der Waals surface area contributed by atoms with Crippen LogP contribution in [0, 0.1) is 0 Å². The lowest BCUT2D eigenvalue weighted by Gasteiger charge is -2.09. The van der Waals surface area contributed by atoms with E-state index in [-0.39, 0.29) is 6.61 Å². The second-order valence-electron chi connectivity index (χ2n) is 5.07. The van der Waals surface area contributed by atoms with E-state index in [0.29, 0.717) is 13.2 Å². The number of ether oxygens (including phenoxy) is 1. The fourth-order valence-electron chi connectivity index (χ4n) is 2.10. The summed E-state index contributed by atoms with van der Waals surface area (Å²) in [5.41, 5.74) is 2.37. The van der Waals surface area contributed by atoms with Crippen molar-refractivity contribution in [3.05, 3.63) is 65.7 Å². The van der Waals surface area contributed by atoms with Gasteiger partial charge in [-0.05, 0) is 23.3 Å². The lowest BCUT2D eigenvalue weighted by molar-refractivity contribution is 0.292. The molecule has 0 unspecified atom stereocenters. The maximum Gasteiger partial charge on any atom is 0.120 e. The Morgan fingerprint density at radius 3 is 2.41 bits per heavy atom. The van der Waals surface area contributed by atoms with Crippen LogP contribution in [0.1, 0.15) is 11.1 Å². The highest BCUT2D eigenvalue weighted by Gasteiger charge is 1.98. The van der Waals surface area contributed by atoms with Crippen molar-refractivity contribution in [3.8, 4) is 5.75 Å². The average Bonchev–Trinajstić information content (AvgIpc) is 2.57. The number of nitrogens with one attached hydrogen (secondary N) is 2. The Balaban J connectivity index is 1.72. The Kier molecular flexibility index (Phi) is 7.46. The lowest BCUT2D eigenvalue weighted by Crippen LogP contribution is -2.28. The molecule has 2 aromatic rings. The van der Waals surface area contributed by atoms with E-state index in [1.54, 1.807) is 0 Å². The quantitative estimate of drug-likeness (QED) is 0.587. The van der Waals surface area contributed by atoms with Gasteiger partial charge in [-0.2, -0.15) is 0 Å². The summed E-state index contributed by atoms with van der Waals surface area (Å²) >= 11 is 0. The van der Waals surface area contributed by atoms with Gasteiger partial charge in [0.25, 0.3) is 0 Å². The zero-order valence-electron chi connectivity index (χ0n) is 12.8. The fourth-order valence-corrected chi connectivity index (χ4v) is 2.10. The van der Waals surface area contributed by atoms with E-state index in [2.05, 4.69) is 34.9 Å². The summed E-state index contributed by atoms with van der Waals surface area (Å²) in [6, 6.07) is 18.3. The lowest BCUT2D eigenvalue weighted by atomic mass is 10.2. The summed E-state index contributed by atoms with van der Waals surface area (Å²) in [4.78, 5) is 0. The van der Waals surface area contributed by atoms with Gasteiger partial charge in [0, 0.05) is 26.2 Å². The molecule has 4 nitrogen and oxygen atoms in total. The first-order valence-electron chi connectivity index (χ1n) is 7.66. The van der Waals surface area contributed by atoms with E-state index < -0.39 is 0 Å². The monoisotopic (exact) mass is 300 g/mol. The molecule has 0 fully saturated rings. The topological polar surface area (TPSA) is 53.5 Å². The van der Waals surface area contributed by atoms with Gasteiger partial charge < -0.3 is 20.5 Å². The molecular formula is C18H24N2O2. The summed E-state index contributed by atoms with van der Waals surface area (Å²) in [6.07, 6.45) is 0. The van der Waals surface area contributed by atoms with Crippen LogP contribution in [0.4, 0.5) is 0 Å². The summed E-state index contributed by atoms with van der Waals surface area (Å²) < 4.78 is 5.82. The van der Waals surface area contributed by atoms with E-state index in [4.69, 9.17) is 9.84 Å². The van der Waals surface area contributed by atoms with Crippen molar-refractivity contribution in [2.45, 2.75) is 13.2 Å². The molecule has 0 atom stereocenters. The van der Waals surface area contributed by atoms with Gasteiger partial charge in [-0.25, -0.2) is 0 Å². The van der Waals surface area contributed by atoms with E-state index in [1.165, 1.54) is 11.1 Å².